The minimum absolute atomic E-state index is 0. The van der Waals surface area contributed by atoms with Gasteiger partial charge >= 0.3 is 0 Å². The molecule has 0 aliphatic heterocycles. The Labute approximate surface area is 879 Å². The zero-order valence-electron chi connectivity index (χ0n) is 90.5. The van der Waals surface area contributed by atoms with E-state index in [1.165, 1.54) is 77.2 Å². The second-order valence-electron chi connectivity index (χ2n) is 29.6. The molecule has 12 aromatic carbocycles. The van der Waals surface area contributed by atoms with E-state index in [1.807, 2.05) is 250 Å². The van der Waals surface area contributed by atoms with Crippen LogP contribution in [0.15, 0.2) is 432 Å². The van der Waals surface area contributed by atoms with Crippen LogP contribution in [-0.2, 0) is 86.8 Å². The van der Waals surface area contributed by atoms with E-state index in [-0.39, 0.29) is 108 Å². The largest absolute Gasteiger partial charge is 0.304 e. The van der Waals surface area contributed by atoms with Crippen molar-refractivity contribution in [3.05, 3.63) is 531 Å². The summed E-state index contributed by atoms with van der Waals surface area (Å²) in [6.07, 6.45) is 14.0. The molecule has 0 N–H and O–H groups in total. The van der Waals surface area contributed by atoms with Gasteiger partial charge in [0.1, 0.15) is 5.82 Å². The van der Waals surface area contributed by atoms with Crippen LogP contribution in [0.1, 0.15) is 93.0 Å². The third-order valence-electron chi connectivity index (χ3n) is 20.2. The number of hydrogen-bond acceptors (Lipinski definition) is 8. The summed E-state index contributed by atoms with van der Waals surface area (Å²) in [5.74, 6) is -1.99. The summed E-state index contributed by atoms with van der Waals surface area (Å²) in [6.45, 7) is -3.06. The first-order valence-corrected chi connectivity index (χ1v) is 42.5. The van der Waals surface area contributed by atoms with Crippen LogP contribution < -0.4 is 0 Å². The van der Waals surface area contributed by atoms with Gasteiger partial charge in [-0.3, -0.25) is 0 Å². The molecule has 8 heterocycles. The number of nitrogens with zero attached hydrogens (tertiary/aromatic N) is 8. The summed E-state index contributed by atoms with van der Waals surface area (Å²) in [5.41, 5.74) is 27.1. The third-order valence-corrected chi connectivity index (χ3v) is 20.2. The first-order valence-electron chi connectivity index (χ1n) is 50.5. The van der Waals surface area contributed by atoms with Gasteiger partial charge in [0, 0.05) is 174 Å². The maximum Gasteiger partial charge on any atom is 0.123 e. The molecule has 1 atom stereocenters. The molecule has 684 valence electrons. The Morgan fingerprint density at radius 1 is 0.265 bits per heavy atom. The van der Waals surface area contributed by atoms with Gasteiger partial charge in [0.25, 0.3) is 0 Å². The number of aryl methyl sites for hydroxylation is 7. The number of aromatic nitrogens is 8. The molecule has 0 bridgehead atoms. The monoisotopic (exact) mass is 2500 g/mol. The number of benzene rings is 12. The minimum Gasteiger partial charge on any atom is -0.304 e. The van der Waals surface area contributed by atoms with Gasteiger partial charge in [-0.25, -0.2) is 4.39 Å². The fourth-order valence-electron chi connectivity index (χ4n) is 13.5. The van der Waals surface area contributed by atoms with E-state index >= 15 is 0 Å². The molecule has 0 saturated heterocycles. The molecule has 0 aliphatic carbocycles. The number of halogens is 1. The van der Waals surface area contributed by atoms with Gasteiger partial charge in [0.2, 0.25) is 0 Å². The summed E-state index contributed by atoms with van der Waals surface area (Å²) in [5, 5.41) is 0. The van der Waals surface area contributed by atoms with E-state index in [9.17, 15) is 4.39 Å². The van der Waals surface area contributed by atoms with Crippen LogP contribution in [0.5, 0.6) is 0 Å². The average Bonchev–Trinajstić information content (AvgIpc) is 0.758. The van der Waals surface area contributed by atoms with Crippen molar-refractivity contribution in [2.45, 2.75) is 74.3 Å². The third kappa shape index (κ3) is 32.3. The maximum absolute atomic E-state index is 13.0. The van der Waals surface area contributed by atoms with Crippen LogP contribution in [0.25, 0.3) is 135 Å². The van der Waals surface area contributed by atoms with E-state index < -0.39 is 40.2 Å². The zero-order valence-corrected chi connectivity index (χ0v) is 84.1. The molecule has 1 unspecified atom stereocenters. The first kappa shape index (κ1) is 84.1. The second kappa shape index (κ2) is 56.5. The summed E-state index contributed by atoms with van der Waals surface area (Å²) < 4.78 is 132. The Balaban J connectivity index is 0.000000193. The van der Waals surface area contributed by atoms with Gasteiger partial charge in [0.15, 0.2) is 0 Å². The summed E-state index contributed by atoms with van der Waals surface area (Å²) in [7, 11) is 0. The fraction of sp³-hybridized carbons (Fsp3) is 0.0894. The molecule has 136 heavy (non-hydrogen) atoms. The molecule has 0 spiro atoms. The van der Waals surface area contributed by atoms with Crippen LogP contribution in [0.4, 0.5) is 4.39 Å². The van der Waals surface area contributed by atoms with Gasteiger partial charge < -0.3 is 39.9 Å². The van der Waals surface area contributed by atoms with Crippen molar-refractivity contribution in [3.63, 3.8) is 0 Å². The SMILES string of the molecule is CCc1cc(-c2[c-]cccc2)ncc1-c1ccccc1.Cc1cc(-c2[c-]cccc2)ncc1-c1ccc(F)cc1.Cc1cc(-c2[c-]cccc2)ncc1-c1ccccc1.[2H]C([2H])([2H])C([2H])(C)c1cc(-c2[c-]cccc2)ncc1-c1ccccc1.[2H]C([2H])([2H])c1ccc(-c2[c-]cccc2)nc1.[2H]C([2H])([2H])c1ccc(-c2[c-]cccc2)nc1.[2H]C([2H])([2H])c1ccc(-c2[c-]cccc2)nc1.[2H]C([2H])([2H])c1ccc(-c2[c-]cccc2)nc1.[Ir].[Ir].[Ir].[Ir]. The molecular weight excluding hydrogens is 2380 g/mol. The Hall–Kier alpha value is -13.6. The zero-order chi connectivity index (χ0) is 105. The van der Waals surface area contributed by atoms with E-state index in [0.29, 0.717) is 16.8 Å². The van der Waals surface area contributed by atoms with E-state index in [4.69, 9.17) is 21.9 Å². The van der Waals surface area contributed by atoms with Gasteiger partial charge in [-0.2, -0.15) is 0 Å². The van der Waals surface area contributed by atoms with Crippen molar-refractivity contribution in [2.75, 3.05) is 0 Å². The Morgan fingerprint density at radius 3 is 0.765 bits per heavy atom. The standard InChI is InChI=1S/C20H18N.C19H16N.C18H13FN.C18H14N.4C12H10N.4Ir/c1-15(2)18-13-20(17-11-7-4-8-12-17)21-14-19(18)16-9-5-3-6-10-16;1-2-15-13-19(17-11-7-4-8-12-17)20-14-18(15)16-9-5-3-6-10-16;1-13-11-18(15-5-3-2-4-6-15)20-12-17(13)14-7-9-16(19)10-8-14;1-14-12-18(16-10-6-3-7-11-16)19-13-17(14)15-8-4-2-5-9-15;4*1-10-7-8-12(13-9-10)11-5-3-2-4-6-11;;;;/h3-11,13-15H,1-2H3;3-11,13-14H,2H2,1H3;2-5,7-12H,1H3;2-10,12-13H,1H3;4*2-5,7-9H,1H3;;;;/q8*-1;;;;/i1D3,15D;;;;4*1D3;;;;. The van der Waals surface area contributed by atoms with E-state index in [2.05, 4.69) is 151 Å². The summed E-state index contributed by atoms with van der Waals surface area (Å²) in [4.78, 5) is 34.6. The minimum atomic E-state index is -2.46. The number of rotatable bonds is 14. The smallest absolute Gasteiger partial charge is 0.123 e. The molecule has 20 rings (SSSR count). The van der Waals surface area contributed by atoms with Crippen LogP contribution >= 0.6 is 0 Å². The van der Waals surface area contributed by atoms with Crippen molar-refractivity contribution in [1.82, 2.24) is 39.9 Å². The van der Waals surface area contributed by atoms with Crippen molar-refractivity contribution >= 4 is 0 Å². The normalized spacial score (nSPS) is 12.6. The van der Waals surface area contributed by atoms with Crippen LogP contribution in [0, 0.1) is 95.6 Å². The first-order chi connectivity index (χ1) is 71.1. The molecule has 0 amide bonds. The van der Waals surface area contributed by atoms with Gasteiger partial charge in [-0.1, -0.05) is 197 Å². The van der Waals surface area contributed by atoms with E-state index in [1.54, 1.807) is 103 Å². The van der Waals surface area contributed by atoms with Crippen molar-refractivity contribution in [1.29, 1.82) is 0 Å². The molecule has 20 aromatic rings. The number of pyridine rings is 8. The average molecular weight is 2500 g/mol. The second-order valence-corrected chi connectivity index (χ2v) is 29.6. The molecular formula is C123H101FIr4N8-8. The Morgan fingerprint density at radius 2 is 0.507 bits per heavy atom. The van der Waals surface area contributed by atoms with Crippen molar-refractivity contribution in [2.24, 2.45) is 0 Å². The predicted molar refractivity (Wildman–Crippen MR) is 542 cm³/mol. The topological polar surface area (TPSA) is 103 Å². The quantitative estimate of drug-likeness (QED) is 0.0992. The van der Waals surface area contributed by atoms with Crippen molar-refractivity contribution in [3.8, 4) is 135 Å². The van der Waals surface area contributed by atoms with Crippen LogP contribution in [0.2, 0.25) is 0 Å². The molecule has 0 fully saturated rings. The van der Waals surface area contributed by atoms with Gasteiger partial charge in [0.05, 0.1) is 0 Å². The summed E-state index contributed by atoms with van der Waals surface area (Å²) in [6, 6.07) is 144. The molecule has 0 saturated carbocycles. The van der Waals surface area contributed by atoms with Gasteiger partial charge in [-0.15, -0.1) is 287 Å². The molecule has 4 radical (unpaired) electrons. The van der Waals surface area contributed by atoms with Gasteiger partial charge in [-0.05, 0) is 178 Å². The van der Waals surface area contributed by atoms with Crippen LogP contribution in [-0.4, -0.2) is 39.9 Å². The predicted octanol–water partition coefficient (Wildman–Crippen LogP) is 30.7. The molecule has 0 aliphatic rings. The maximum atomic E-state index is 13.0. The van der Waals surface area contributed by atoms with E-state index in [0.717, 1.165) is 113 Å². The van der Waals surface area contributed by atoms with Crippen molar-refractivity contribution < 1.29 is 107 Å². The molecule has 13 heteroatoms. The van der Waals surface area contributed by atoms with Crippen LogP contribution in [0.3, 0.4) is 0 Å². The Bertz CT molecular complexity index is 7130. The molecule has 8 nitrogen and oxygen atoms in total. The summed E-state index contributed by atoms with van der Waals surface area (Å²) >= 11 is 0. The number of hydrogen-bond donors (Lipinski definition) is 0. The Kier molecular flexibility index (Phi) is 35.0. The fourth-order valence-corrected chi connectivity index (χ4v) is 13.5. The molecule has 8 aromatic heterocycles.